The Morgan fingerprint density at radius 1 is 1.50 bits per heavy atom. The Labute approximate surface area is 98.4 Å². The number of hydrogen-bond donors (Lipinski definition) is 1. The number of nitrogens with zero attached hydrogens (tertiary/aromatic N) is 3. The molecule has 2 N–H and O–H groups in total. The molecule has 0 amide bonds. The molecule has 1 unspecified atom stereocenters. The molecule has 1 rings (SSSR count). The van der Waals surface area contributed by atoms with Gasteiger partial charge in [-0.3, -0.25) is 4.68 Å². The molecule has 0 radical (unpaired) electrons. The van der Waals surface area contributed by atoms with E-state index in [1.807, 2.05) is 10.9 Å². The van der Waals surface area contributed by atoms with Crippen molar-refractivity contribution in [2.45, 2.75) is 33.7 Å². The molecule has 0 saturated heterocycles. The molecule has 0 fully saturated rings. The van der Waals surface area contributed by atoms with Gasteiger partial charge in [0, 0.05) is 19.3 Å². The normalized spacial score (nSPS) is 13.2. The van der Waals surface area contributed by atoms with Gasteiger partial charge in [0.05, 0.1) is 18.4 Å². The summed E-state index contributed by atoms with van der Waals surface area (Å²) in [4.78, 5) is 2.46. The number of likely N-dealkylation sites (N-methyl/N-ethyl adjacent to an activating group) is 1. The van der Waals surface area contributed by atoms with Crippen molar-refractivity contribution in [3.05, 3.63) is 12.4 Å². The summed E-state index contributed by atoms with van der Waals surface area (Å²) in [6.45, 7) is 11.0. The van der Waals surface area contributed by atoms with Gasteiger partial charge in [-0.15, -0.1) is 0 Å². The van der Waals surface area contributed by atoms with Gasteiger partial charge >= 0.3 is 0 Å². The first-order valence-electron chi connectivity index (χ1n) is 6.16. The van der Waals surface area contributed by atoms with Crippen molar-refractivity contribution in [1.82, 2.24) is 14.7 Å². The summed E-state index contributed by atoms with van der Waals surface area (Å²) in [5, 5.41) is 4.19. The van der Waals surface area contributed by atoms with E-state index < -0.39 is 0 Å². The summed E-state index contributed by atoms with van der Waals surface area (Å²) in [7, 11) is 0. The van der Waals surface area contributed by atoms with E-state index in [-0.39, 0.29) is 0 Å². The highest BCUT2D eigenvalue weighted by atomic mass is 15.3. The first-order valence-corrected chi connectivity index (χ1v) is 6.16. The Hall–Kier alpha value is -1.03. The quantitative estimate of drug-likeness (QED) is 0.768. The van der Waals surface area contributed by atoms with Crippen LogP contribution < -0.4 is 5.73 Å². The molecule has 1 aromatic heterocycles. The molecule has 0 saturated carbocycles. The summed E-state index contributed by atoms with van der Waals surface area (Å²) >= 11 is 0. The molecule has 0 bridgehead atoms. The van der Waals surface area contributed by atoms with Crippen molar-refractivity contribution >= 4 is 5.69 Å². The highest BCUT2D eigenvalue weighted by Crippen LogP contribution is 2.04. The number of aromatic nitrogens is 2. The first kappa shape index (κ1) is 13.0. The highest BCUT2D eigenvalue weighted by molar-refractivity contribution is 5.30. The van der Waals surface area contributed by atoms with E-state index >= 15 is 0 Å². The summed E-state index contributed by atoms with van der Waals surface area (Å²) in [6, 6.07) is 0. The van der Waals surface area contributed by atoms with Crippen molar-refractivity contribution in [2.24, 2.45) is 5.92 Å². The average molecular weight is 224 g/mol. The van der Waals surface area contributed by atoms with Crippen LogP contribution >= 0.6 is 0 Å². The second-order valence-corrected chi connectivity index (χ2v) is 4.44. The molecule has 1 atom stereocenters. The Bertz CT molecular complexity index is 295. The minimum absolute atomic E-state index is 0.741. The largest absolute Gasteiger partial charge is 0.396 e. The average Bonchev–Trinajstić information content (AvgIpc) is 2.69. The molecule has 4 nitrogen and oxygen atoms in total. The van der Waals surface area contributed by atoms with Crippen LogP contribution in [0.25, 0.3) is 0 Å². The summed E-state index contributed by atoms with van der Waals surface area (Å²) < 4.78 is 1.91. The lowest BCUT2D eigenvalue weighted by atomic mass is 10.1. The molecule has 1 heterocycles. The lowest BCUT2D eigenvalue weighted by Crippen LogP contribution is -2.31. The minimum atomic E-state index is 0.741. The van der Waals surface area contributed by atoms with E-state index in [2.05, 4.69) is 30.8 Å². The van der Waals surface area contributed by atoms with Gasteiger partial charge in [-0.1, -0.05) is 27.2 Å². The second-order valence-electron chi connectivity index (χ2n) is 4.44. The van der Waals surface area contributed by atoms with Crippen molar-refractivity contribution in [3.63, 3.8) is 0 Å². The zero-order valence-electron chi connectivity index (χ0n) is 10.7. The number of hydrogen-bond acceptors (Lipinski definition) is 3. The number of nitrogens with two attached hydrogens (primary N) is 1. The molecule has 92 valence electrons. The van der Waals surface area contributed by atoms with Crippen LogP contribution in [0.1, 0.15) is 27.2 Å². The lowest BCUT2D eigenvalue weighted by molar-refractivity contribution is 0.234. The SMILES string of the molecule is CCC(C)CN(CC)CCn1cc(N)cn1. The van der Waals surface area contributed by atoms with Crippen molar-refractivity contribution in [1.29, 1.82) is 0 Å². The zero-order valence-corrected chi connectivity index (χ0v) is 10.7. The molecule has 0 aliphatic carbocycles. The summed E-state index contributed by atoms with van der Waals surface area (Å²) in [5.74, 6) is 0.766. The van der Waals surface area contributed by atoms with Gasteiger partial charge in [-0.05, 0) is 12.5 Å². The lowest BCUT2D eigenvalue weighted by Gasteiger charge is -2.23. The third kappa shape index (κ3) is 4.23. The first-order chi connectivity index (χ1) is 7.65. The fourth-order valence-electron chi connectivity index (χ4n) is 1.69. The van der Waals surface area contributed by atoms with Crippen LogP contribution in [-0.4, -0.2) is 34.3 Å². The maximum atomic E-state index is 5.62. The van der Waals surface area contributed by atoms with Crippen LogP contribution in [0.5, 0.6) is 0 Å². The van der Waals surface area contributed by atoms with Crippen LogP contribution in [0.3, 0.4) is 0 Å². The number of anilines is 1. The number of rotatable bonds is 7. The van der Waals surface area contributed by atoms with Gasteiger partial charge in [0.1, 0.15) is 0 Å². The standard InChI is InChI=1S/C12H24N4/c1-4-11(3)9-15(5-2)6-7-16-10-12(13)8-14-16/h8,10-11H,4-7,9,13H2,1-3H3. The Balaban J connectivity index is 2.33. The molecule has 0 spiro atoms. The third-order valence-corrected chi connectivity index (χ3v) is 3.01. The van der Waals surface area contributed by atoms with Crippen molar-refractivity contribution in [3.8, 4) is 0 Å². The zero-order chi connectivity index (χ0) is 12.0. The molecule has 0 aliphatic rings. The van der Waals surface area contributed by atoms with Gasteiger partial charge < -0.3 is 10.6 Å². The van der Waals surface area contributed by atoms with Crippen LogP contribution in [0.2, 0.25) is 0 Å². The molecule has 0 aliphatic heterocycles. The van der Waals surface area contributed by atoms with Gasteiger partial charge in [0.15, 0.2) is 0 Å². The molecular weight excluding hydrogens is 200 g/mol. The maximum Gasteiger partial charge on any atom is 0.0719 e. The predicted molar refractivity (Wildman–Crippen MR) is 68.2 cm³/mol. The molecule has 4 heteroatoms. The summed E-state index contributed by atoms with van der Waals surface area (Å²) in [5.41, 5.74) is 6.36. The molecule has 16 heavy (non-hydrogen) atoms. The Morgan fingerprint density at radius 3 is 2.75 bits per heavy atom. The molecular formula is C12H24N4. The van der Waals surface area contributed by atoms with Gasteiger partial charge in [-0.25, -0.2) is 0 Å². The highest BCUT2D eigenvalue weighted by Gasteiger charge is 2.07. The van der Waals surface area contributed by atoms with E-state index in [0.29, 0.717) is 0 Å². The van der Waals surface area contributed by atoms with E-state index in [1.54, 1.807) is 6.20 Å². The van der Waals surface area contributed by atoms with Crippen LogP contribution in [-0.2, 0) is 6.54 Å². The smallest absolute Gasteiger partial charge is 0.0719 e. The van der Waals surface area contributed by atoms with E-state index in [9.17, 15) is 0 Å². The van der Waals surface area contributed by atoms with Crippen molar-refractivity contribution < 1.29 is 0 Å². The molecule has 0 aromatic carbocycles. The maximum absolute atomic E-state index is 5.62. The molecule has 1 aromatic rings. The van der Waals surface area contributed by atoms with E-state index in [0.717, 1.165) is 31.2 Å². The Kier molecular flexibility index (Phi) is 5.32. The minimum Gasteiger partial charge on any atom is -0.396 e. The van der Waals surface area contributed by atoms with Crippen LogP contribution in [0.15, 0.2) is 12.4 Å². The Morgan fingerprint density at radius 2 is 2.25 bits per heavy atom. The van der Waals surface area contributed by atoms with Gasteiger partial charge in [0.25, 0.3) is 0 Å². The second kappa shape index (κ2) is 6.53. The number of nitrogen functional groups attached to an aromatic ring is 1. The van der Waals surface area contributed by atoms with E-state index in [4.69, 9.17) is 5.73 Å². The fourth-order valence-corrected chi connectivity index (χ4v) is 1.69. The monoisotopic (exact) mass is 224 g/mol. The van der Waals surface area contributed by atoms with Gasteiger partial charge in [0.2, 0.25) is 0 Å². The fraction of sp³-hybridized carbons (Fsp3) is 0.750. The third-order valence-electron chi connectivity index (χ3n) is 3.01. The summed E-state index contributed by atoms with van der Waals surface area (Å²) in [6.07, 6.45) is 4.83. The van der Waals surface area contributed by atoms with Crippen LogP contribution in [0, 0.1) is 5.92 Å². The van der Waals surface area contributed by atoms with Crippen LogP contribution in [0.4, 0.5) is 5.69 Å². The van der Waals surface area contributed by atoms with E-state index in [1.165, 1.54) is 13.0 Å². The van der Waals surface area contributed by atoms with Crippen molar-refractivity contribution in [2.75, 3.05) is 25.4 Å². The van der Waals surface area contributed by atoms with Gasteiger partial charge in [-0.2, -0.15) is 5.10 Å². The topological polar surface area (TPSA) is 47.1 Å². The predicted octanol–water partition coefficient (Wildman–Crippen LogP) is 1.83.